The van der Waals surface area contributed by atoms with Gasteiger partial charge >= 0.3 is 0 Å². The predicted molar refractivity (Wildman–Crippen MR) is 102 cm³/mol. The first-order chi connectivity index (χ1) is 13.1. The highest BCUT2D eigenvalue weighted by Gasteiger charge is 2.20. The summed E-state index contributed by atoms with van der Waals surface area (Å²) in [6.45, 7) is 4.60. The molecule has 2 heterocycles. The highest BCUT2D eigenvalue weighted by Crippen LogP contribution is 2.33. The molecule has 1 N–H and O–H groups in total. The molecule has 5 heteroatoms. The van der Waals surface area contributed by atoms with Gasteiger partial charge in [0.2, 0.25) is 5.91 Å². The molecule has 1 unspecified atom stereocenters. The zero-order valence-corrected chi connectivity index (χ0v) is 15.5. The Bertz CT molecular complexity index is 960. The smallest absolute Gasteiger partial charge is 0.226 e. The normalized spacial score (nSPS) is 15.3. The lowest BCUT2D eigenvalue weighted by atomic mass is 10.1. The Labute approximate surface area is 158 Å². The van der Waals surface area contributed by atoms with E-state index < -0.39 is 0 Å². The van der Waals surface area contributed by atoms with Gasteiger partial charge in [-0.1, -0.05) is 35.0 Å². The summed E-state index contributed by atoms with van der Waals surface area (Å²) >= 11 is 0. The molecule has 1 aliphatic heterocycles. The van der Waals surface area contributed by atoms with Crippen LogP contribution in [0.15, 0.2) is 53.1 Å². The van der Waals surface area contributed by atoms with Gasteiger partial charge in [0.15, 0.2) is 5.76 Å². The lowest BCUT2D eigenvalue weighted by Gasteiger charge is -2.04. The Morgan fingerprint density at radius 1 is 1.19 bits per heavy atom. The maximum atomic E-state index is 12.2. The van der Waals surface area contributed by atoms with E-state index in [1.165, 1.54) is 11.1 Å². The molecule has 138 valence electrons. The first-order valence-corrected chi connectivity index (χ1v) is 9.14. The van der Waals surface area contributed by atoms with E-state index in [1.54, 1.807) is 0 Å². The van der Waals surface area contributed by atoms with E-state index in [-0.39, 0.29) is 18.4 Å². The topological polar surface area (TPSA) is 64.4 Å². The summed E-state index contributed by atoms with van der Waals surface area (Å²) in [4.78, 5) is 12.2. The van der Waals surface area contributed by atoms with Crippen LogP contribution in [0.3, 0.4) is 0 Å². The molecule has 1 aromatic heterocycles. The molecule has 0 bridgehead atoms. The summed E-state index contributed by atoms with van der Waals surface area (Å²) in [5, 5.41) is 6.96. The number of hydrogen-bond acceptors (Lipinski definition) is 4. The molecule has 0 saturated heterocycles. The average molecular weight is 362 g/mol. The monoisotopic (exact) mass is 362 g/mol. The van der Waals surface area contributed by atoms with E-state index in [0.717, 1.165) is 23.3 Å². The van der Waals surface area contributed by atoms with Gasteiger partial charge in [0.25, 0.3) is 0 Å². The first kappa shape index (κ1) is 17.3. The summed E-state index contributed by atoms with van der Waals surface area (Å²) < 4.78 is 11.2. The van der Waals surface area contributed by atoms with E-state index in [0.29, 0.717) is 18.0 Å². The molecule has 4 rings (SSSR count). The SMILES string of the molecule is Cc1ccc(CNC(=O)Cc2cc(-c3ccc4c(c3)CC(C)O4)on2)cc1. The largest absolute Gasteiger partial charge is 0.490 e. The number of rotatable bonds is 5. The zero-order valence-electron chi connectivity index (χ0n) is 15.5. The van der Waals surface area contributed by atoms with Gasteiger partial charge in [-0.15, -0.1) is 0 Å². The Kier molecular flexibility index (Phi) is 4.67. The molecule has 1 aliphatic rings. The number of aryl methyl sites for hydroxylation is 1. The summed E-state index contributed by atoms with van der Waals surface area (Å²) in [5.74, 6) is 1.52. The van der Waals surface area contributed by atoms with Crippen molar-refractivity contribution in [3.8, 4) is 17.1 Å². The summed E-state index contributed by atoms with van der Waals surface area (Å²) in [6, 6.07) is 15.9. The van der Waals surface area contributed by atoms with Crippen molar-refractivity contribution in [1.29, 1.82) is 0 Å². The Hall–Kier alpha value is -3.08. The fourth-order valence-corrected chi connectivity index (χ4v) is 3.24. The van der Waals surface area contributed by atoms with Crippen molar-refractivity contribution in [3.63, 3.8) is 0 Å². The number of nitrogens with one attached hydrogen (secondary N) is 1. The van der Waals surface area contributed by atoms with Crippen molar-refractivity contribution < 1.29 is 14.1 Å². The maximum absolute atomic E-state index is 12.2. The van der Waals surface area contributed by atoms with Gasteiger partial charge < -0.3 is 14.6 Å². The molecule has 0 spiro atoms. The lowest BCUT2D eigenvalue weighted by Crippen LogP contribution is -2.24. The van der Waals surface area contributed by atoms with Crippen molar-refractivity contribution in [3.05, 3.63) is 70.9 Å². The Morgan fingerprint density at radius 3 is 2.81 bits per heavy atom. The van der Waals surface area contributed by atoms with Crippen LogP contribution in [0, 0.1) is 6.92 Å². The fraction of sp³-hybridized carbons (Fsp3) is 0.273. The van der Waals surface area contributed by atoms with Crippen molar-refractivity contribution in [2.75, 3.05) is 0 Å². The second-order valence-electron chi connectivity index (χ2n) is 7.08. The van der Waals surface area contributed by atoms with Gasteiger partial charge in [-0.2, -0.15) is 0 Å². The first-order valence-electron chi connectivity index (χ1n) is 9.14. The number of benzene rings is 2. The van der Waals surface area contributed by atoms with E-state index in [4.69, 9.17) is 9.26 Å². The van der Waals surface area contributed by atoms with Crippen LogP contribution in [0.1, 0.15) is 29.3 Å². The third kappa shape index (κ3) is 4.03. The van der Waals surface area contributed by atoms with Crippen LogP contribution < -0.4 is 10.1 Å². The molecule has 5 nitrogen and oxygen atoms in total. The van der Waals surface area contributed by atoms with Gasteiger partial charge in [-0.25, -0.2) is 0 Å². The van der Waals surface area contributed by atoms with Crippen LogP contribution in [0.4, 0.5) is 0 Å². The summed E-state index contributed by atoms with van der Waals surface area (Å²) in [5.41, 5.74) is 5.02. The van der Waals surface area contributed by atoms with Crippen LogP contribution in [0.2, 0.25) is 0 Å². The molecule has 0 aliphatic carbocycles. The Morgan fingerprint density at radius 2 is 2.00 bits per heavy atom. The van der Waals surface area contributed by atoms with Crippen molar-refractivity contribution in [2.45, 2.75) is 39.3 Å². The molecular weight excluding hydrogens is 340 g/mol. The van der Waals surface area contributed by atoms with E-state index >= 15 is 0 Å². The molecule has 3 aromatic rings. The predicted octanol–water partition coefficient (Wildman–Crippen LogP) is 3.83. The molecule has 1 amide bonds. The van der Waals surface area contributed by atoms with Crippen LogP contribution >= 0.6 is 0 Å². The highest BCUT2D eigenvalue weighted by molar-refractivity contribution is 5.78. The molecule has 27 heavy (non-hydrogen) atoms. The van der Waals surface area contributed by atoms with E-state index in [9.17, 15) is 4.79 Å². The highest BCUT2D eigenvalue weighted by atomic mass is 16.5. The number of carbonyl (C=O) groups is 1. The summed E-state index contributed by atoms with van der Waals surface area (Å²) in [7, 11) is 0. The van der Waals surface area contributed by atoms with E-state index in [1.807, 2.05) is 49.4 Å². The van der Waals surface area contributed by atoms with Gasteiger partial charge in [-0.05, 0) is 43.2 Å². The molecule has 1 atom stereocenters. The average Bonchev–Trinajstić information content (AvgIpc) is 3.26. The zero-order chi connectivity index (χ0) is 18.8. The third-order valence-electron chi connectivity index (χ3n) is 4.69. The number of fused-ring (bicyclic) bond motifs is 1. The second-order valence-corrected chi connectivity index (χ2v) is 7.08. The van der Waals surface area contributed by atoms with Crippen molar-refractivity contribution >= 4 is 5.91 Å². The number of carbonyl (C=O) groups excluding carboxylic acids is 1. The number of hydrogen-bond donors (Lipinski definition) is 1. The van der Waals surface area contributed by atoms with Gasteiger partial charge in [-0.3, -0.25) is 4.79 Å². The van der Waals surface area contributed by atoms with Crippen molar-refractivity contribution in [1.82, 2.24) is 10.5 Å². The molecule has 0 saturated carbocycles. The van der Waals surface area contributed by atoms with Crippen LogP contribution in [0.5, 0.6) is 5.75 Å². The minimum Gasteiger partial charge on any atom is -0.490 e. The van der Waals surface area contributed by atoms with Crippen LogP contribution in [-0.2, 0) is 24.2 Å². The molecule has 0 radical (unpaired) electrons. The number of ether oxygens (including phenoxy) is 1. The quantitative estimate of drug-likeness (QED) is 0.749. The minimum absolute atomic E-state index is 0.0772. The Balaban J connectivity index is 1.37. The maximum Gasteiger partial charge on any atom is 0.226 e. The number of nitrogens with zero attached hydrogens (tertiary/aromatic N) is 1. The molecule has 0 fully saturated rings. The van der Waals surface area contributed by atoms with Crippen LogP contribution in [-0.4, -0.2) is 17.2 Å². The number of aromatic nitrogens is 1. The minimum atomic E-state index is -0.0772. The second kappa shape index (κ2) is 7.27. The van der Waals surface area contributed by atoms with E-state index in [2.05, 4.69) is 23.5 Å². The van der Waals surface area contributed by atoms with Crippen LogP contribution in [0.25, 0.3) is 11.3 Å². The van der Waals surface area contributed by atoms with Gasteiger partial charge in [0, 0.05) is 24.6 Å². The summed E-state index contributed by atoms with van der Waals surface area (Å²) in [6.07, 6.45) is 1.30. The molecular formula is C22H22N2O3. The number of amides is 1. The van der Waals surface area contributed by atoms with Gasteiger partial charge in [0.05, 0.1) is 12.1 Å². The standard InChI is InChI=1S/C22H22N2O3/c1-14-3-5-16(6-4-14)13-23-22(25)12-19-11-21(27-24-19)17-7-8-20-18(10-17)9-15(2)26-20/h3-8,10-11,15H,9,12-13H2,1-2H3,(H,23,25). The lowest BCUT2D eigenvalue weighted by molar-refractivity contribution is -0.120. The fourth-order valence-electron chi connectivity index (χ4n) is 3.24. The third-order valence-corrected chi connectivity index (χ3v) is 4.69. The van der Waals surface area contributed by atoms with Crippen molar-refractivity contribution in [2.24, 2.45) is 0 Å². The van der Waals surface area contributed by atoms with Gasteiger partial charge in [0.1, 0.15) is 11.9 Å². The molecule has 2 aromatic carbocycles.